The molecular weight excluding hydrogens is 646 g/mol. The van der Waals surface area contributed by atoms with E-state index in [-0.39, 0.29) is 44.0 Å². The maximum atomic E-state index is 14.2. The number of carbonyl (C=O) groups excluding carboxylic acids is 4. The summed E-state index contributed by atoms with van der Waals surface area (Å²) in [5.74, 6) is -0.677. The third-order valence-electron chi connectivity index (χ3n) is 8.83. The average molecular weight is 686 g/mol. The summed E-state index contributed by atoms with van der Waals surface area (Å²) >= 11 is 0. The summed E-state index contributed by atoms with van der Waals surface area (Å²) < 4.78 is 18.2. The smallest absolute Gasteiger partial charge is 0.408 e. The molecule has 10 nitrogen and oxygen atoms in total. The van der Waals surface area contributed by atoms with Gasteiger partial charge >= 0.3 is 12.1 Å². The van der Waals surface area contributed by atoms with Crippen molar-refractivity contribution in [3.8, 4) is 0 Å². The number of nitrogens with one attached hydrogen (secondary N) is 2. The van der Waals surface area contributed by atoms with Crippen LogP contribution < -0.4 is 10.6 Å². The molecule has 0 aliphatic carbocycles. The maximum Gasteiger partial charge on any atom is 0.408 e. The molecule has 2 heterocycles. The molecule has 0 spiro atoms. The van der Waals surface area contributed by atoms with Crippen molar-refractivity contribution in [2.45, 2.75) is 58.4 Å². The molecule has 4 aromatic carbocycles. The fraction of sp³-hybridized carbons (Fsp3) is 0.220. The number of amides is 2. The fourth-order valence-corrected chi connectivity index (χ4v) is 6.05. The Hall–Kier alpha value is -6.16. The Morgan fingerprint density at radius 2 is 1.53 bits per heavy atom. The molecule has 0 saturated carbocycles. The molecule has 0 unspecified atom stereocenters. The first-order valence-electron chi connectivity index (χ1n) is 16.8. The molecule has 0 bridgehead atoms. The molecule has 10 heteroatoms. The quantitative estimate of drug-likeness (QED) is 0.127. The Morgan fingerprint density at radius 3 is 2.31 bits per heavy atom. The Labute approximate surface area is 295 Å². The highest BCUT2D eigenvalue weighted by Crippen LogP contribution is 2.28. The van der Waals surface area contributed by atoms with Gasteiger partial charge in [0, 0.05) is 40.9 Å². The Balaban J connectivity index is 1.30. The first kappa shape index (κ1) is 34.7. The number of benzene rings is 4. The first-order chi connectivity index (χ1) is 24.6. The Kier molecular flexibility index (Phi) is 10.3. The number of carbonyl (C=O) groups is 4. The van der Waals surface area contributed by atoms with Crippen molar-refractivity contribution in [2.75, 3.05) is 0 Å². The van der Waals surface area contributed by atoms with Crippen LogP contribution in [0.25, 0.3) is 21.9 Å². The predicted molar refractivity (Wildman–Crippen MR) is 193 cm³/mol. The number of para-hydroxylation sites is 2. The summed E-state index contributed by atoms with van der Waals surface area (Å²) in [7, 11) is 0. The second kappa shape index (κ2) is 15.2. The number of aromatic nitrogens is 1. The zero-order chi connectivity index (χ0) is 36.0. The van der Waals surface area contributed by atoms with Gasteiger partial charge in [0.1, 0.15) is 23.5 Å². The average Bonchev–Trinajstić information content (AvgIpc) is 3.74. The summed E-state index contributed by atoms with van der Waals surface area (Å²) in [6.45, 7) is 5.03. The molecule has 0 aliphatic heterocycles. The molecule has 51 heavy (non-hydrogen) atoms. The van der Waals surface area contributed by atoms with E-state index in [4.69, 9.17) is 13.9 Å². The summed E-state index contributed by atoms with van der Waals surface area (Å²) in [5, 5.41) is 7.48. The van der Waals surface area contributed by atoms with Crippen LogP contribution in [-0.4, -0.2) is 34.0 Å². The van der Waals surface area contributed by atoms with Crippen LogP contribution in [0.5, 0.6) is 0 Å². The Morgan fingerprint density at radius 1 is 0.824 bits per heavy atom. The summed E-state index contributed by atoms with van der Waals surface area (Å²) in [5.41, 5.74) is 2.26. The van der Waals surface area contributed by atoms with Crippen LogP contribution >= 0.6 is 0 Å². The molecule has 0 fully saturated rings. The van der Waals surface area contributed by atoms with E-state index in [1.165, 1.54) is 4.57 Å². The van der Waals surface area contributed by atoms with Crippen molar-refractivity contribution in [3.05, 3.63) is 143 Å². The lowest BCUT2D eigenvalue weighted by Gasteiger charge is -2.30. The van der Waals surface area contributed by atoms with Crippen LogP contribution in [0.15, 0.2) is 120 Å². The van der Waals surface area contributed by atoms with Gasteiger partial charge in [-0.25, -0.2) is 4.79 Å². The maximum absolute atomic E-state index is 14.2. The number of hydrogen-bond acceptors (Lipinski definition) is 7. The standard InChI is InChI=1S/C41H39N3O7/c1-4-37(45)49-25-30-17-8-10-19-34(30)38(46)44-24-31(33-18-11-12-20-35(33)44)23-41(3,39(47)42-27(2)28-14-6-5-7-15-28)43-40(48)50-26-32-22-29-16-9-13-21-36(29)51-32/h5-22,24,27H,4,23,25-26H2,1-3H3,(H,42,47)(H,43,48)/t27-,41+/m0/s1. The third-order valence-corrected chi connectivity index (χ3v) is 8.83. The molecule has 0 radical (unpaired) electrons. The second-order valence-corrected chi connectivity index (χ2v) is 12.6. The number of esters is 1. The topological polar surface area (TPSA) is 129 Å². The van der Waals surface area contributed by atoms with Gasteiger partial charge in [-0.1, -0.05) is 91.9 Å². The van der Waals surface area contributed by atoms with Crippen molar-refractivity contribution in [1.29, 1.82) is 0 Å². The lowest BCUT2D eigenvalue weighted by molar-refractivity contribution is -0.144. The van der Waals surface area contributed by atoms with Gasteiger partial charge in [0.15, 0.2) is 6.61 Å². The van der Waals surface area contributed by atoms with Crippen LogP contribution in [0.1, 0.15) is 66.0 Å². The minimum absolute atomic E-state index is 0.0244. The highest BCUT2D eigenvalue weighted by atomic mass is 16.6. The van der Waals surface area contributed by atoms with Crippen molar-refractivity contribution >= 4 is 45.7 Å². The van der Waals surface area contributed by atoms with Crippen molar-refractivity contribution < 1.29 is 33.1 Å². The van der Waals surface area contributed by atoms with Crippen LogP contribution in [-0.2, 0) is 38.7 Å². The minimum atomic E-state index is -1.52. The third kappa shape index (κ3) is 7.86. The molecule has 260 valence electrons. The monoisotopic (exact) mass is 685 g/mol. The van der Waals surface area contributed by atoms with Gasteiger partial charge in [-0.05, 0) is 49.2 Å². The molecule has 6 rings (SSSR count). The number of fused-ring (bicyclic) bond motifs is 2. The van der Waals surface area contributed by atoms with Gasteiger partial charge in [0.25, 0.3) is 5.91 Å². The number of nitrogens with zero attached hydrogens (tertiary/aromatic N) is 1. The number of ether oxygens (including phenoxy) is 2. The molecule has 2 N–H and O–H groups in total. The highest BCUT2D eigenvalue weighted by molar-refractivity contribution is 6.04. The fourth-order valence-electron chi connectivity index (χ4n) is 6.05. The number of hydrogen-bond donors (Lipinski definition) is 2. The van der Waals surface area contributed by atoms with E-state index in [1.54, 1.807) is 50.4 Å². The summed E-state index contributed by atoms with van der Waals surface area (Å²) in [6.07, 6.45) is 1.13. The molecule has 6 aromatic rings. The summed E-state index contributed by atoms with van der Waals surface area (Å²) in [4.78, 5) is 53.5. The van der Waals surface area contributed by atoms with E-state index in [1.807, 2.05) is 85.8 Å². The zero-order valence-corrected chi connectivity index (χ0v) is 28.7. The van der Waals surface area contributed by atoms with Gasteiger partial charge in [-0.2, -0.15) is 0 Å². The molecule has 0 saturated heterocycles. The van der Waals surface area contributed by atoms with E-state index in [0.717, 1.165) is 16.3 Å². The molecular formula is C41H39N3O7. The first-order valence-corrected chi connectivity index (χ1v) is 16.8. The number of alkyl carbamates (subject to hydrolysis) is 1. The predicted octanol–water partition coefficient (Wildman–Crippen LogP) is 7.63. The van der Waals surface area contributed by atoms with Crippen LogP contribution in [0.2, 0.25) is 0 Å². The van der Waals surface area contributed by atoms with Crippen LogP contribution in [0.4, 0.5) is 4.79 Å². The minimum Gasteiger partial charge on any atom is -0.461 e. The van der Waals surface area contributed by atoms with Crippen LogP contribution in [0, 0.1) is 0 Å². The summed E-state index contributed by atoms with van der Waals surface area (Å²) in [6, 6.07) is 32.8. The van der Waals surface area contributed by atoms with E-state index in [0.29, 0.717) is 33.6 Å². The normalized spacial score (nSPS) is 12.9. The van der Waals surface area contributed by atoms with Gasteiger partial charge in [-0.3, -0.25) is 19.0 Å². The second-order valence-electron chi connectivity index (χ2n) is 12.6. The molecule has 2 amide bonds. The lowest BCUT2D eigenvalue weighted by atomic mass is 9.91. The van der Waals surface area contributed by atoms with Crippen LogP contribution in [0.3, 0.4) is 0 Å². The van der Waals surface area contributed by atoms with E-state index in [9.17, 15) is 19.2 Å². The molecule has 2 aromatic heterocycles. The molecule has 0 aliphatic rings. The largest absolute Gasteiger partial charge is 0.461 e. The number of furan rings is 1. The highest BCUT2D eigenvalue weighted by Gasteiger charge is 2.38. The zero-order valence-electron chi connectivity index (χ0n) is 28.7. The number of rotatable bonds is 12. The van der Waals surface area contributed by atoms with Crippen molar-refractivity contribution in [2.24, 2.45) is 0 Å². The van der Waals surface area contributed by atoms with E-state index >= 15 is 0 Å². The van der Waals surface area contributed by atoms with Gasteiger partial charge < -0.3 is 24.5 Å². The lowest BCUT2D eigenvalue weighted by Crippen LogP contribution is -2.58. The van der Waals surface area contributed by atoms with E-state index < -0.39 is 17.5 Å². The van der Waals surface area contributed by atoms with E-state index in [2.05, 4.69) is 10.6 Å². The Bertz CT molecular complexity index is 2170. The SMILES string of the molecule is CCC(=O)OCc1ccccc1C(=O)n1cc(C[C@@](C)(NC(=O)OCc2cc3ccccc3o2)C(=O)N[C@@H](C)c2ccccc2)c2ccccc21. The van der Waals surface area contributed by atoms with Crippen molar-refractivity contribution in [3.63, 3.8) is 0 Å². The molecule has 2 atom stereocenters. The van der Waals surface area contributed by atoms with Gasteiger partial charge in [0.2, 0.25) is 5.91 Å². The van der Waals surface area contributed by atoms with Crippen molar-refractivity contribution in [1.82, 2.24) is 15.2 Å². The van der Waals surface area contributed by atoms with Gasteiger partial charge in [-0.15, -0.1) is 0 Å². The van der Waals surface area contributed by atoms with Gasteiger partial charge in [0.05, 0.1) is 11.6 Å².